The van der Waals surface area contributed by atoms with Gasteiger partial charge in [0, 0.05) is 25.3 Å². The lowest BCUT2D eigenvalue weighted by Crippen LogP contribution is -1.88. The number of hydrogen-bond acceptors (Lipinski definition) is 2. The molecule has 0 aliphatic carbocycles. The molecule has 0 aromatic heterocycles. The third-order valence-corrected chi connectivity index (χ3v) is 4.20. The number of nitrogens with two attached hydrogens (primary N) is 1. The largest absolute Gasteiger partial charge is 0.399 e. The van der Waals surface area contributed by atoms with Gasteiger partial charge in [-0.05, 0) is 42.0 Å². The maximum Gasteiger partial charge on any atom is 0.0328 e. The Labute approximate surface area is 122 Å². The minimum absolute atomic E-state index is 0.796. The highest BCUT2D eigenvalue weighted by Crippen LogP contribution is 2.27. The Morgan fingerprint density at radius 3 is 2.53 bits per heavy atom. The zero-order chi connectivity index (χ0) is 12.3. The molecule has 0 aliphatic rings. The molecule has 0 fully saturated rings. The van der Waals surface area contributed by atoms with Crippen molar-refractivity contribution in [3.05, 3.63) is 57.0 Å². The quantitative estimate of drug-likeness (QED) is 0.600. The maximum absolute atomic E-state index is 5.81. The number of benzene rings is 2. The molecule has 2 aromatic rings. The van der Waals surface area contributed by atoms with Crippen LogP contribution >= 0.6 is 43.6 Å². The Hall–Kier alpha value is -0.450. The van der Waals surface area contributed by atoms with Gasteiger partial charge in [-0.1, -0.05) is 37.9 Å². The predicted molar refractivity (Wildman–Crippen MR) is 82.3 cm³/mol. The number of rotatable bonds is 3. The summed E-state index contributed by atoms with van der Waals surface area (Å²) in [6.45, 7) is 0. The van der Waals surface area contributed by atoms with Crippen LogP contribution in [0.1, 0.15) is 5.56 Å². The minimum atomic E-state index is 0.796. The van der Waals surface area contributed by atoms with Gasteiger partial charge in [0.2, 0.25) is 0 Å². The van der Waals surface area contributed by atoms with Crippen LogP contribution < -0.4 is 5.73 Å². The molecule has 0 unspecified atom stereocenters. The van der Waals surface area contributed by atoms with Gasteiger partial charge in [-0.3, -0.25) is 0 Å². The van der Waals surface area contributed by atoms with Crippen molar-refractivity contribution in [3.8, 4) is 0 Å². The van der Waals surface area contributed by atoms with E-state index in [0.29, 0.717) is 0 Å². The second kappa shape index (κ2) is 5.94. The molecule has 0 aliphatic heterocycles. The van der Waals surface area contributed by atoms with Crippen molar-refractivity contribution in [1.29, 1.82) is 0 Å². The van der Waals surface area contributed by atoms with Gasteiger partial charge < -0.3 is 5.73 Å². The van der Waals surface area contributed by atoms with Crippen molar-refractivity contribution in [3.63, 3.8) is 0 Å². The van der Waals surface area contributed by atoms with E-state index in [1.54, 1.807) is 11.8 Å². The highest BCUT2D eigenvalue weighted by Gasteiger charge is 2.00. The van der Waals surface area contributed by atoms with Gasteiger partial charge in [0.15, 0.2) is 0 Å². The van der Waals surface area contributed by atoms with E-state index in [1.807, 2.05) is 24.3 Å². The number of halogens is 2. The van der Waals surface area contributed by atoms with Crippen molar-refractivity contribution < 1.29 is 0 Å². The first-order valence-electron chi connectivity index (χ1n) is 5.07. The minimum Gasteiger partial charge on any atom is -0.399 e. The van der Waals surface area contributed by atoms with Gasteiger partial charge in [0.1, 0.15) is 0 Å². The van der Waals surface area contributed by atoms with Crippen LogP contribution in [0.3, 0.4) is 0 Å². The Kier molecular flexibility index (Phi) is 4.54. The first-order valence-corrected chi connectivity index (χ1v) is 7.64. The lowest BCUT2D eigenvalue weighted by molar-refractivity contribution is 1.37. The van der Waals surface area contributed by atoms with Crippen LogP contribution in [0, 0.1) is 0 Å². The van der Waals surface area contributed by atoms with Crippen molar-refractivity contribution in [2.45, 2.75) is 10.6 Å². The lowest BCUT2D eigenvalue weighted by atomic mass is 10.2. The van der Waals surface area contributed by atoms with Gasteiger partial charge in [0.05, 0.1) is 0 Å². The van der Waals surface area contributed by atoms with Gasteiger partial charge in [-0.2, -0.15) is 0 Å². The standard InChI is InChI=1S/C13H11Br2NS/c14-10-2-1-3-13(7-10)17-8-9-4-11(15)6-12(16)5-9/h1-7H,8,16H2. The molecule has 1 nitrogen and oxygen atoms in total. The smallest absolute Gasteiger partial charge is 0.0328 e. The molecular weight excluding hydrogens is 362 g/mol. The summed E-state index contributed by atoms with van der Waals surface area (Å²) < 4.78 is 2.14. The van der Waals surface area contributed by atoms with E-state index in [2.05, 4.69) is 50.1 Å². The van der Waals surface area contributed by atoms with Gasteiger partial charge in [-0.15, -0.1) is 11.8 Å². The van der Waals surface area contributed by atoms with E-state index < -0.39 is 0 Å². The lowest BCUT2D eigenvalue weighted by Gasteiger charge is -2.04. The number of thioether (sulfide) groups is 1. The van der Waals surface area contributed by atoms with Crippen molar-refractivity contribution in [2.24, 2.45) is 0 Å². The molecule has 2 rings (SSSR count). The van der Waals surface area contributed by atoms with E-state index >= 15 is 0 Å². The van der Waals surface area contributed by atoms with Crippen LogP contribution in [0.25, 0.3) is 0 Å². The molecule has 0 saturated heterocycles. The molecule has 88 valence electrons. The van der Waals surface area contributed by atoms with Crippen LogP contribution in [0.2, 0.25) is 0 Å². The Balaban J connectivity index is 2.07. The zero-order valence-electron chi connectivity index (χ0n) is 8.99. The average molecular weight is 373 g/mol. The molecule has 0 amide bonds. The van der Waals surface area contributed by atoms with Crippen molar-refractivity contribution in [2.75, 3.05) is 5.73 Å². The normalized spacial score (nSPS) is 10.5. The molecular formula is C13H11Br2NS. The fourth-order valence-electron chi connectivity index (χ4n) is 1.48. The molecule has 0 spiro atoms. The summed E-state index contributed by atoms with van der Waals surface area (Å²) in [4.78, 5) is 1.25. The van der Waals surface area contributed by atoms with Gasteiger partial charge >= 0.3 is 0 Å². The maximum atomic E-state index is 5.81. The summed E-state index contributed by atoms with van der Waals surface area (Å²) in [5.41, 5.74) is 7.83. The molecule has 0 atom stereocenters. The third-order valence-electron chi connectivity index (χ3n) is 2.18. The number of anilines is 1. The van der Waals surface area contributed by atoms with E-state index in [1.165, 1.54) is 10.5 Å². The molecule has 2 N–H and O–H groups in total. The molecule has 0 radical (unpaired) electrons. The number of hydrogen-bond donors (Lipinski definition) is 1. The fraction of sp³-hybridized carbons (Fsp3) is 0.0769. The highest BCUT2D eigenvalue weighted by atomic mass is 79.9. The summed E-state index contributed by atoms with van der Waals surface area (Å²) in [7, 11) is 0. The van der Waals surface area contributed by atoms with E-state index in [0.717, 1.165) is 20.4 Å². The predicted octanol–water partition coefficient (Wildman–Crippen LogP) is 5.09. The molecule has 0 heterocycles. The monoisotopic (exact) mass is 371 g/mol. The second-order valence-electron chi connectivity index (χ2n) is 3.64. The zero-order valence-corrected chi connectivity index (χ0v) is 13.0. The van der Waals surface area contributed by atoms with E-state index in [9.17, 15) is 0 Å². The summed E-state index contributed by atoms with van der Waals surface area (Å²) in [6.07, 6.45) is 0. The van der Waals surface area contributed by atoms with E-state index in [-0.39, 0.29) is 0 Å². The molecule has 4 heteroatoms. The SMILES string of the molecule is Nc1cc(Br)cc(CSc2cccc(Br)c2)c1. The molecule has 0 bridgehead atoms. The summed E-state index contributed by atoms with van der Waals surface area (Å²) in [6, 6.07) is 14.3. The summed E-state index contributed by atoms with van der Waals surface area (Å²) >= 11 is 8.72. The second-order valence-corrected chi connectivity index (χ2v) is 6.52. The number of nitrogen functional groups attached to an aromatic ring is 1. The highest BCUT2D eigenvalue weighted by molar-refractivity contribution is 9.10. The Morgan fingerprint density at radius 2 is 1.82 bits per heavy atom. The van der Waals surface area contributed by atoms with Crippen molar-refractivity contribution in [1.82, 2.24) is 0 Å². The Morgan fingerprint density at radius 1 is 1.00 bits per heavy atom. The topological polar surface area (TPSA) is 26.0 Å². The third kappa shape index (κ3) is 4.05. The fourth-order valence-corrected chi connectivity index (χ4v) is 3.48. The van der Waals surface area contributed by atoms with Gasteiger partial charge in [-0.25, -0.2) is 0 Å². The average Bonchev–Trinajstić information content (AvgIpc) is 2.25. The van der Waals surface area contributed by atoms with Crippen LogP contribution in [0.5, 0.6) is 0 Å². The Bertz CT molecular complexity index is 508. The first kappa shape index (κ1) is 13.0. The summed E-state index contributed by atoms with van der Waals surface area (Å²) in [5.74, 6) is 0.917. The van der Waals surface area contributed by atoms with Crippen LogP contribution in [0.15, 0.2) is 56.3 Å². The van der Waals surface area contributed by atoms with Crippen LogP contribution in [0.4, 0.5) is 5.69 Å². The molecule has 0 saturated carbocycles. The van der Waals surface area contributed by atoms with Gasteiger partial charge in [0.25, 0.3) is 0 Å². The van der Waals surface area contributed by atoms with Crippen molar-refractivity contribution >= 4 is 49.3 Å². The molecule has 17 heavy (non-hydrogen) atoms. The van der Waals surface area contributed by atoms with Crippen LogP contribution in [-0.2, 0) is 5.75 Å². The van der Waals surface area contributed by atoms with E-state index in [4.69, 9.17) is 5.73 Å². The summed E-state index contributed by atoms with van der Waals surface area (Å²) in [5, 5.41) is 0. The van der Waals surface area contributed by atoms with Crippen LogP contribution in [-0.4, -0.2) is 0 Å². The first-order chi connectivity index (χ1) is 8.13. The molecule has 2 aromatic carbocycles.